The van der Waals surface area contributed by atoms with Gasteiger partial charge in [0.25, 0.3) is 0 Å². The van der Waals surface area contributed by atoms with E-state index in [1.807, 2.05) is 0 Å². The van der Waals surface area contributed by atoms with Crippen LogP contribution in [0.5, 0.6) is 0 Å². The molecule has 0 amide bonds. The van der Waals surface area contributed by atoms with Crippen LogP contribution in [0.4, 0.5) is 18.9 Å². The Balaban J connectivity index is 2.97. The maximum absolute atomic E-state index is 12.5. The van der Waals surface area contributed by atoms with Crippen LogP contribution in [0, 0.1) is 0 Å². The molecule has 5 heteroatoms. The first-order valence-electron chi connectivity index (χ1n) is 5.51. The normalized spacial score (nSPS) is 13.4. The molecule has 2 nitrogen and oxygen atoms in total. The third-order valence-electron chi connectivity index (χ3n) is 2.62. The second-order valence-corrected chi connectivity index (χ2v) is 4.35. The number of nitrogen functional groups attached to an aromatic ring is 1. The molecule has 18 heavy (non-hydrogen) atoms. The van der Waals surface area contributed by atoms with E-state index in [1.54, 1.807) is 6.92 Å². The van der Waals surface area contributed by atoms with Gasteiger partial charge in [0.05, 0.1) is 11.7 Å². The van der Waals surface area contributed by atoms with Gasteiger partial charge in [-0.3, -0.25) is 0 Å². The molecule has 1 rings (SSSR count). The molecule has 0 spiro atoms. The molecule has 1 atom stereocenters. The van der Waals surface area contributed by atoms with Crippen molar-refractivity contribution in [1.29, 1.82) is 0 Å². The SMILES string of the molecule is C=C(C)CCC(O)c1cc(C(F)(F)F)ccc1N. The maximum atomic E-state index is 12.5. The van der Waals surface area contributed by atoms with Crippen LogP contribution in [0.1, 0.15) is 37.0 Å². The van der Waals surface area contributed by atoms with E-state index in [0.717, 1.165) is 17.7 Å². The lowest BCUT2D eigenvalue weighted by Gasteiger charge is -2.16. The van der Waals surface area contributed by atoms with E-state index < -0.39 is 17.8 Å². The zero-order chi connectivity index (χ0) is 13.9. The number of aliphatic hydroxyl groups excluding tert-OH is 1. The van der Waals surface area contributed by atoms with Gasteiger partial charge in [0.1, 0.15) is 0 Å². The Morgan fingerprint density at radius 2 is 2.06 bits per heavy atom. The topological polar surface area (TPSA) is 46.2 Å². The molecule has 0 aromatic heterocycles. The summed E-state index contributed by atoms with van der Waals surface area (Å²) in [5, 5.41) is 9.85. The van der Waals surface area contributed by atoms with Gasteiger partial charge in [-0.1, -0.05) is 5.57 Å². The Bertz CT molecular complexity index is 440. The number of nitrogens with two attached hydrogens (primary N) is 1. The van der Waals surface area contributed by atoms with Gasteiger partial charge in [0, 0.05) is 11.3 Å². The molecular weight excluding hydrogens is 243 g/mol. The Morgan fingerprint density at radius 3 is 2.56 bits per heavy atom. The van der Waals surface area contributed by atoms with Gasteiger partial charge >= 0.3 is 6.18 Å². The molecule has 1 unspecified atom stereocenters. The Hall–Kier alpha value is -1.49. The predicted molar refractivity (Wildman–Crippen MR) is 64.9 cm³/mol. The van der Waals surface area contributed by atoms with E-state index in [2.05, 4.69) is 6.58 Å². The number of hydrogen-bond acceptors (Lipinski definition) is 2. The third kappa shape index (κ3) is 3.77. The van der Waals surface area contributed by atoms with E-state index >= 15 is 0 Å². The van der Waals surface area contributed by atoms with E-state index in [4.69, 9.17) is 5.73 Å². The summed E-state index contributed by atoms with van der Waals surface area (Å²) in [5.74, 6) is 0. The summed E-state index contributed by atoms with van der Waals surface area (Å²) in [4.78, 5) is 0. The van der Waals surface area contributed by atoms with Crippen molar-refractivity contribution in [2.45, 2.75) is 32.0 Å². The minimum absolute atomic E-state index is 0.117. The first-order chi connectivity index (χ1) is 8.21. The average molecular weight is 259 g/mol. The summed E-state index contributed by atoms with van der Waals surface area (Å²) < 4.78 is 37.6. The molecule has 0 aliphatic rings. The van der Waals surface area contributed by atoms with Crippen molar-refractivity contribution in [3.8, 4) is 0 Å². The molecule has 1 aromatic rings. The highest BCUT2D eigenvalue weighted by Crippen LogP contribution is 2.34. The van der Waals surface area contributed by atoms with Crippen LogP contribution in [0.2, 0.25) is 0 Å². The highest BCUT2D eigenvalue weighted by atomic mass is 19.4. The van der Waals surface area contributed by atoms with E-state index in [0.29, 0.717) is 12.8 Å². The summed E-state index contributed by atoms with van der Waals surface area (Å²) in [7, 11) is 0. The average Bonchev–Trinajstić information content (AvgIpc) is 2.24. The van der Waals surface area contributed by atoms with Crippen LogP contribution < -0.4 is 5.73 Å². The Morgan fingerprint density at radius 1 is 1.44 bits per heavy atom. The molecule has 1 aromatic carbocycles. The zero-order valence-corrected chi connectivity index (χ0v) is 10.1. The van der Waals surface area contributed by atoms with Gasteiger partial charge < -0.3 is 10.8 Å². The molecule has 0 aliphatic heterocycles. The number of hydrogen-bond donors (Lipinski definition) is 2. The second-order valence-electron chi connectivity index (χ2n) is 4.35. The van der Waals surface area contributed by atoms with Gasteiger partial charge in [0.15, 0.2) is 0 Å². The van der Waals surface area contributed by atoms with Crippen molar-refractivity contribution in [1.82, 2.24) is 0 Å². The lowest BCUT2D eigenvalue weighted by molar-refractivity contribution is -0.137. The van der Waals surface area contributed by atoms with Crippen LogP contribution in [0.15, 0.2) is 30.4 Å². The van der Waals surface area contributed by atoms with Crippen LogP contribution in [-0.4, -0.2) is 5.11 Å². The fourth-order valence-corrected chi connectivity index (χ4v) is 1.58. The molecule has 3 N–H and O–H groups in total. The van der Waals surface area contributed by atoms with E-state index in [-0.39, 0.29) is 11.3 Å². The summed E-state index contributed by atoms with van der Waals surface area (Å²) in [6.07, 6.45) is -4.60. The second kappa shape index (κ2) is 5.44. The van der Waals surface area contributed by atoms with E-state index in [9.17, 15) is 18.3 Å². The number of alkyl halides is 3. The van der Waals surface area contributed by atoms with Crippen LogP contribution in [0.25, 0.3) is 0 Å². The first-order valence-corrected chi connectivity index (χ1v) is 5.51. The number of aliphatic hydroxyl groups is 1. The maximum Gasteiger partial charge on any atom is 0.416 e. The predicted octanol–water partition coefficient (Wildman–Crippen LogP) is 3.68. The minimum Gasteiger partial charge on any atom is -0.398 e. The largest absolute Gasteiger partial charge is 0.416 e. The molecule has 0 saturated carbocycles. The molecular formula is C13H16F3NO. The lowest BCUT2D eigenvalue weighted by Crippen LogP contribution is -2.09. The quantitative estimate of drug-likeness (QED) is 0.640. The molecule has 100 valence electrons. The first kappa shape index (κ1) is 14.6. The third-order valence-corrected chi connectivity index (χ3v) is 2.62. The molecule has 0 aliphatic carbocycles. The van der Waals surface area contributed by atoms with Crippen molar-refractivity contribution < 1.29 is 18.3 Å². The smallest absolute Gasteiger partial charge is 0.398 e. The van der Waals surface area contributed by atoms with Gasteiger partial charge in [-0.15, -0.1) is 6.58 Å². The van der Waals surface area contributed by atoms with Crippen molar-refractivity contribution in [3.63, 3.8) is 0 Å². The highest BCUT2D eigenvalue weighted by Gasteiger charge is 2.31. The monoisotopic (exact) mass is 259 g/mol. The number of rotatable bonds is 4. The number of anilines is 1. The molecule has 0 heterocycles. The number of benzene rings is 1. The standard InChI is InChI=1S/C13H16F3NO/c1-8(2)3-6-12(18)10-7-9(13(14,15)16)4-5-11(10)17/h4-5,7,12,18H,1,3,6,17H2,2H3. The van der Waals surface area contributed by atoms with Gasteiger partial charge in [-0.25, -0.2) is 0 Å². The van der Waals surface area contributed by atoms with Gasteiger partial charge in [-0.2, -0.15) is 13.2 Å². The van der Waals surface area contributed by atoms with Crippen LogP contribution >= 0.6 is 0 Å². The molecule has 0 fully saturated rings. The summed E-state index contributed by atoms with van der Waals surface area (Å²) in [5.41, 5.74) is 5.93. The number of allylic oxidation sites excluding steroid dienone is 1. The summed E-state index contributed by atoms with van der Waals surface area (Å²) in [6, 6.07) is 2.98. The summed E-state index contributed by atoms with van der Waals surface area (Å²) in [6.45, 7) is 5.47. The zero-order valence-electron chi connectivity index (χ0n) is 10.1. The molecule has 0 bridgehead atoms. The van der Waals surface area contributed by atoms with Crippen LogP contribution in [-0.2, 0) is 6.18 Å². The fraction of sp³-hybridized carbons (Fsp3) is 0.385. The van der Waals surface area contributed by atoms with Crippen molar-refractivity contribution >= 4 is 5.69 Å². The Labute approximate surface area is 104 Å². The lowest BCUT2D eigenvalue weighted by atomic mass is 9.99. The van der Waals surface area contributed by atoms with Crippen molar-refractivity contribution in [2.75, 3.05) is 5.73 Å². The van der Waals surface area contributed by atoms with E-state index in [1.165, 1.54) is 6.07 Å². The number of halogens is 3. The minimum atomic E-state index is -4.43. The van der Waals surface area contributed by atoms with Crippen molar-refractivity contribution in [3.05, 3.63) is 41.5 Å². The van der Waals surface area contributed by atoms with Gasteiger partial charge in [0.2, 0.25) is 0 Å². The van der Waals surface area contributed by atoms with Crippen LogP contribution in [0.3, 0.4) is 0 Å². The highest BCUT2D eigenvalue weighted by molar-refractivity contribution is 5.50. The molecule has 0 saturated heterocycles. The Kier molecular flexibility index (Phi) is 4.40. The van der Waals surface area contributed by atoms with Crippen molar-refractivity contribution in [2.24, 2.45) is 0 Å². The van der Waals surface area contributed by atoms with Gasteiger partial charge in [-0.05, 0) is 38.0 Å². The summed E-state index contributed by atoms with van der Waals surface area (Å²) >= 11 is 0. The fourth-order valence-electron chi connectivity index (χ4n) is 1.58. The molecule has 0 radical (unpaired) electrons.